The van der Waals surface area contributed by atoms with E-state index in [0.717, 1.165) is 0 Å². The van der Waals surface area contributed by atoms with E-state index >= 15 is 0 Å². The first-order valence-corrected chi connectivity index (χ1v) is 9.02. The Morgan fingerprint density at radius 3 is 1.74 bits per heavy atom. The molecule has 1 saturated heterocycles. The predicted molar refractivity (Wildman–Crippen MR) is 84.6 cm³/mol. The molecule has 19 heavy (non-hydrogen) atoms. The van der Waals surface area contributed by atoms with E-state index in [0.29, 0.717) is 12.2 Å². The first kappa shape index (κ1) is 17.0. The molecule has 0 aromatic carbocycles. The summed E-state index contributed by atoms with van der Waals surface area (Å²) in [7, 11) is 0. The third-order valence-corrected chi connectivity index (χ3v) is 4.44. The summed E-state index contributed by atoms with van der Waals surface area (Å²) in [4.78, 5) is 0. The Morgan fingerprint density at radius 2 is 1.16 bits per heavy atom. The van der Waals surface area contributed by atoms with Crippen LogP contribution in [0.1, 0.15) is 104 Å². The zero-order valence-corrected chi connectivity index (χ0v) is 13.5. The van der Waals surface area contributed by atoms with Crippen LogP contribution in [0.3, 0.4) is 0 Å². The molecule has 0 saturated carbocycles. The Hall–Kier alpha value is -0.0400. The molecule has 2 atom stereocenters. The maximum Gasteiger partial charge on any atom is 0.0579 e. The normalized spacial score (nSPS) is 23.1. The van der Waals surface area contributed by atoms with Gasteiger partial charge in [-0.25, -0.2) is 0 Å². The van der Waals surface area contributed by atoms with Gasteiger partial charge in [0, 0.05) is 0 Å². The summed E-state index contributed by atoms with van der Waals surface area (Å²) in [6.45, 7) is 4.55. The fraction of sp³-hybridized carbons (Fsp3) is 1.00. The van der Waals surface area contributed by atoms with Crippen LogP contribution in [0.5, 0.6) is 0 Å². The molecule has 0 spiro atoms. The Bertz CT molecular complexity index is 190. The molecular formula is C18H36O. The number of rotatable bonds is 12. The van der Waals surface area contributed by atoms with Gasteiger partial charge in [0.15, 0.2) is 0 Å². The van der Waals surface area contributed by atoms with Crippen molar-refractivity contribution in [3.05, 3.63) is 0 Å². The van der Waals surface area contributed by atoms with Crippen molar-refractivity contribution in [3.63, 3.8) is 0 Å². The van der Waals surface area contributed by atoms with E-state index in [4.69, 9.17) is 4.74 Å². The van der Waals surface area contributed by atoms with Gasteiger partial charge >= 0.3 is 0 Å². The van der Waals surface area contributed by atoms with Crippen molar-refractivity contribution in [3.8, 4) is 0 Å². The van der Waals surface area contributed by atoms with Gasteiger partial charge in [0.05, 0.1) is 12.2 Å². The number of hydrogen-bond donors (Lipinski definition) is 0. The molecule has 1 heterocycles. The molecule has 0 aromatic rings. The minimum atomic E-state index is 0.591. The van der Waals surface area contributed by atoms with E-state index in [9.17, 15) is 0 Å². The van der Waals surface area contributed by atoms with Crippen LogP contribution in [0.4, 0.5) is 0 Å². The smallest absolute Gasteiger partial charge is 0.0579 e. The van der Waals surface area contributed by atoms with Crippen LogP contribution in [-0.2, 0) is 4.74 Å². The average Bonchev–Trinajstić information content (AvgIpc) is 2.85. The molecule has 1 fully saturated rings. The van der Waals surface area contributed by atoms with E-state index in [1.165, 1.54) is 89.9 Å². The van der Waals surface area contributed by atoms with Crippen molar-refractivity contribution < 1.29 is 4.74 Å². The van der Waals surface area contributed by atoms with Gasteiger partial charge in [0.1, 0.15) is 0 Å². The highest BCUT2D eigenvalue weighted by molar-refractivity contribution is 4.73. The van der Waals surface area contributed by atoms with Crippen molar-refractivity contribution in [1.82, 2.24) is 0 Å². The van der Waals surface area contributed by atoms with Gasteiger partial charge in [-0.2, -0.15) is 0 Å². The van der Waals surface area contributed by atoms with Gasteiger partial charge in [0.25, 0.3) is 0 Å². The molecule has 1 rings (SSSR count). The molecule has 0 bridgehead atoms. The number of hydrogen-bond acceptors (Lipinski definition) is 1. The fourth-order valence-electron chi connectivity index (χ4n) is 3.21. The van der Waals surface area contributed by atoms with Crippen molar-refractivity contribution >= 4 is 0 Å². The van der Waals surface area contributed by atoms with Crippen molar-refractivity contribution in [2.45, 2.75) is 116 Å². The zero-order valence-electron chi connectivity index (χ0n) is 13.5. The van der Waals surface area contributed by atoms with Gasteiger partial charge in [-0.1, -0.05) is 78.1 Å². The lowest BCUT2D eigenvalue weighted by molar-refractivity contribution is 0.0345. The molecule has 1 aliphatic rings. The van der Waals surface area contributed by atoms with Crippen LogP contribution in [0.2, 0.25) is 0 Å². The summed E-state index contributed by atoms with van der Waals surface area (Å²) in [5.41, 5.74) is 0. The van der Waals surface area contributed by atoms with E-state index in [2.05, 4.69) is 13.8 Å². The molecule has 0 aromatic heterocycles. The van der Waals surface area contributed by atoms with Crippen LogP contribution in [0.25, 0.3) is 0 Å². The van der Waals surface area contributed by atoms with Crippen LogP contribution in [0.15, 0.2) is 0 Å². The summed E-state index contributed by atoms with van der Waals surface area (Å²) < 4.78 is 6.07. The quantitative estimate of drug-likeness (QED) is 0.380. The Balaban J connectivity index is 1.81. The van der Waals surface area contributed by atoms with Crippen molar-refractivity contribution in [1.29, 1.82) is 0 Å². The van der Waals surface area contributed by atoms with Crippen LogP contribution >= 0.6 is 0 Å². The fourth-order valence-corrected chi connectivity index (χ4v) is 3.21. The number of ether oxygens (including phenoxy) is 1. The summed E-state index contributed by atoms with van der Waals surface area (Å²) in [5, 5.41) is 0. The highest BCUT2D eigenvalue weighted by Crippen LogP contribution is 2.26. The summed E-state index contributed by atoms with van der Waals surface area (Å²) in [6.07, 6.45) is 20.5. The highest BCUT2D eigenvalue weighted by atomic mass is 16.5. The van der Waals surface area contributed by atoms with E-state index in [1.807, 2.05) is 0 Å². The molecule has 114 valence electrons. The minimum absolute atomic E-state index is 0.591. The van der Waals surface area contributed by atoms with E-state index in [-0.39, 0.29) is 0 Å². The molecule has 1 aliphatic heterocycles. The van der Waals surface area contributed by atoms with Crippen molar-refractivity contribution in [2.24, 2.45) is 0 Å². The third kappa shape index (κ3) is 8.68. The Labute approximate surface area is 121 Å². The van der Waals surface area contributed by atoms with Gasteiger partial charge in [-0.3, -0.25) is 0 Å². The maximum atomic E-state index is 6.07. The number of unbranched alkanes of at least 4 members (excludes halogenated alkanes) is 8. The van der Waals surface area contributed by atoms with Crippen LogP contribution in [-0.4, -0.2) is 12.2 Å². The van der Waals surface area contributed by atoms with Crippen molar-refractivity contribution in [2.75, 3.05) is 0 Å². The lowest BCUT2D eigenvalue weighted by atomic mass is 10.0. The van der Waals surface area contributed by atoms with E-state index < -0.39 is 0 Å². The topological polar surface area (TPSA) is 9.23 Å². The summed E-state index contributed by atoms with van der Waals surface area (Å²) >= 11 is 0. The first-order chi connectivity index (χ1) is 9.36. The molecule has 0 unspecified atom stereocenters. The highest BCUT2D eigenvalue weighted by Gasteiger charge is 2.23. The second-order valence-corrected chi connectivity index (χ2v) is 6.36. The molecule has 1 heteroatoms. The third-order valence-electron chi connectivity index (χ3n) is 4.44. The maximum absolute atomic E-state index is 6.07. The molecular weight excluding hydrogens is 232 g/mol. The Morgan fingerprint density at radius 1 is 0.632 bits per heavy atom. The van der Waals surface area contributed by atoms with Crippen LogP contribution < -0.4 is 0 Å². The summed E-state index contributed by atoms with van der Waals surface area (Å²) in [6, 6.07) is 0. The molecule has 1 nitrogen and oxygen atoms in total. The second kappa shape index (κ2) is 11.8. The standard InChI is InChI=1S/C18H36O/c1-3-5-6-7-8-9-10-11-12-14-18-16-15-17(19-18)13-4-2/h17-18H,3-16H2,1-2H3/t17-,18+/m1/s1. The van der Waals surface area contributed by atoms with Gasteiger partial charge in [-0.15, -0.1) is 0 Å². The average molecular weight is 268 g/mol. The SMILES string of the molecule is CCCCCCCCCCC[C@H]1CC[C@@H](CCC)O1. The van der Waals surface area contributed by atoms with E-state index in [1.54, 1.807) is 0 Å². The van der Waals surface area contributed by atoms with Gasteiger partial charge in [0.2, 0.25) is 0 Å². The molecule has 0 amide bonds. The largest absolute Gasteiger partial charge is 0.375 e. The summed E-state index contributed by atoms with van der Waals surface area (Å²) in [5.74, 6) is 0. The molecule has 0 N–H and O–H groups in total. The minimum Gasteiger partial charge on any atom is -0.375 e. The molecule has 0 radical (unpaired) electrons. The first-order valence-electron chi connectivity index (χ1n) is 9.02. The van der Waals surface area contributed by atoms with Gasteiger partial charge < -0.3 is 4.74 Å². The zero-order chi connectivity index (χ0) is 13.8. The predicted octanol–water partition coefficient (Wildman–Crippen LogP) is 6.26. The monoisotopic (exact) mass is 268 g/mol. The molecule has 0 aliphatic carbocycles. The van der Waals surface area contributed by atoms with Crippen LogP contribution in [0, 0.1) is 0 Å². The Kier molecular flexibility index (Phi) is 10.5. The lowest BCUT2D eigenvalue weighted by Gasteiger charge is -2.12. The lowest BCUT2D eigenvalue weighted by Crippen LogP contribution is -2.10. The second-order valence-electron chi connectivity index (χ2n) is 6.36. The van der Waals surface area contributed by atoms with Gasteiger partial charge in [-0.05, 0) is 25.7 Å².